The lowest BCUT2D eigenvalue weighted by molar-refractivity contribution is 0.593. The molecule has 0 atom stereocenters. The first-order valence-electron chi connectivity index (χ1n) is 4.93. The molecule has 0 aliphatic heterocycles. The van der Waals surface area contributed by atoms with Crippen molar-refractivity contribution < 1.29 is 8.42 Å². The lowest BCUT2D eigenvalue weighted by Crippen LogP contribution is -2.08. The zero-order valence-electron chi connectivity index (χ0n) is 9.10. The summed E-state index contributed by atoms with van der Waals surface area (Å²) in [4.78, 5) is 0.305. The Morgan fingerprint density at radius 2 is 2.12 bits per heavy atom. The molecule has 86 valence electrons. The van der Waals surface area contributed by atoms with Gasteiger partial charge in [0.05, 0.1) is 16.7 Å². The molecule has 0 heterocycles. The molecule has 16 heavy (non-hydrogen) atoms. The van der Waals surface area contributed by atoms with Crippen LogP contribution in [0.15, 0.2) is 23.1 Å². The molecule has 5 heteroatoms. The number of nitrogen functional groups attached to an aromatic ring is 1. The van der Waals surface area contributed by atoms with Crippen molar-refractivity contribution in [2.45, 2.75) is 24.7 Å². The van der Waals surface area contributed by atoms with Crippen molar-refractivity contribution in [1.82, 2.24) is 0 Å². The van der Waals surface area contributed by atoms with E-state index in [1.54, 1.807) is 19.1 Å². The molecular formula is C11H14N2O2S. The van der Waals surface area contributed by atoms with Crippen molar-refractivity contribution >= 4 is 15.5 Å². The Morgan fingerprint density at radius 3 is 2.69 bits per heavy atom. The Labute approximate surface area is 95.6 Å². The van der Waals surface area contributed by atoms with Gasteiger partial charge in [0.15, 0.2) is 9.84 Å². The molecule has 0 unspecified atom stereocenters. The van der Waals surface area contributed by atoms with E-state index in [1.807, 2.05) is 6.07 Å². The van der Waals surface area contributed by atoms with Gasteiger partial charge >= 0.3 is 0 Å². The molecule has 1 aromatic rings. The zero-order chi connectivity index (χ0) is 12.2. The van der Waals surface area contributed by atoms with Crippen LogP contribution < -0.4 is 5.73 Å². The average molecular weight is 238 g/mol. The van der Waals surface area contributed by atoms with E-state index in [2.05, 4.69) is 0 Å². The summed E-state index contributed by atoms with van der Waals surface area (Å²) >= 11 is 0. The highest BCUT2D eigenvalue weighted by molar-refractivity contribution is 7.91. The fourth-order valence-corrected chi connectivity index (χ4v) is 3.04. The van der Waals surface area contributed by atoms with Crippen molar-refractivity contribution in [3.8, 4) is 6.07 Å². The summed E-state index contributed by atoms with van der Waals surface area (Å²) in [5, 5.41) is 8.36. The summed E-state index contributed by atoms with van der Waals surface area (Å²) < 4.78 is 23.8. The summed E-state index contributed by atoms with van der Waals surface area (Å²) in [5.74, 6) is 0.00528. The van der Waals surface area contributed by atoms with Crippen LogP contribution in [0.3, 0.4) is 0 Å². The van der Waals surface area contributed by atoms with E-state index in [1.165, 1.54) is 6.07 Å². The Kier molecular flexibility index (Phi) is 3.91. The van der Waals surface area contributed by atoms with Crippen LogP contribution in [-0.4, -0.2) is 14.2 Å². The van der Waals surface area contributed by atoms with Gasteiger partial charge in [0.25, 0.3) is 0 Å². The third-order valence-corrected chi connectivity index (χ3v) is 4.19. The van der Waals surface area contributed by atoms with E-state index in [0.717, 1.165) is 0 Å². The van der Waals surface area contributed by atoms with Gasteiger partial charge in [0.2, 0.25) is 0 Å². The Balaban J connectivity index is 2.95. The van der Waals surface area contributed by atoms with Crippen LogP contribution in [0.1, 0.15) is 18.4 Å². The second-order valence-electron chi connectivity index (χ2n) is 3.61. The minimum Gasteiger partial charge on any atom is -0.399 e. The molecular weight excluding hydrogens is 224 g/mol. The third kappa shape index (κ3) is 2.97. The van der Waals surface area contributed by atoms with Crippen molar-refractivity contribution in [3.63, 3.8) is 0 Å². The SMILES string of the molecule is Cc1cc(N)ccc1S(=O)(=O)CCCC#N. The highest BCUT2D eigenvalue weighted by atomic mass is 32.2. The smallest absolute Gasteiger partial charge is 0.178 e. The van der Waals surface area contributed by atoms with Gasteiger partial charge < -0.3 is 5.73 Å². The van der Waals surface area contributed by atoms with Gasteiger partial charge in [-0.3, -0.25) is 0 Å². The lowest BCUT2D eigenvalue weighted by atomic mass is 10.2. The fourth-order valence-electron chi connectivity index (χ4n) is 1.47. The number of anilines is 1. The Morgan fingerprint density at radius 1 is 1.44 bits per heavy atom. The predicted molar refractivity (Wildman–Crippen MR) is 62.5 cm³/mol. The summed E-state index contributed by atoms with van der Waals surface area (Å²) in [7, 11) is -3.29. The summed E-state index contributed by atoms with van der Waals surface area (Å²) in [5.41, 5.74) is 6.75. The molecule has 1 rings (SSSR count). The molecule has 0 fully saturated rings. The number of aryl methyl sites for hydroxylation is 1. The first-order valence-corrected chi connectivity index (χ1v) is 6.58. The quantitative estimate of drug-likeness (QED) is 0.638. The number of rotatable bonds is 4. The van der Waals surface area contributed by atoms with Gasteiger partial charge in [-0.05, 0) is 37.1 Å². The van der Waals surface area contributed by atoms with Crippen molar-refractivity contribution in [3.05, 3.63) is 23.8 Å². The molecule has 0 spiro atoms. The summed E-state index contributed by atoms with van der Waals surface area (Å²) in [6, 6.07) is 6.66. The maximum Gasteiger partial charge on any atom is 0.178 e. The third-order valence-electron chi connectivity index (χ3n) is 2.24. The lowest BCUT2D eigenvalue weighted by Gasteiger charge is -2.07. The highest BCUT2D eigenvalue weighted by Crippen LogP contribution is 2.19. The molecule has 0 aliphatic rings. The Hall–Kier alpha value is -1.54. The van der Waals surface area contributed by atoms with Crippen LogP contribution in [0.2, 0.25) is 0 Å². The van der Waals surface area contributed by atoms with Crippen LogP contribution >= 0.6 is 0 Å². The number of nitriles is 1. The molecule has 0 saturated carbocycles. The van der Waals surface area contributed by atoms with E-state index in [4.69, 9.17) is 11.0 Å². The molecule has 2 N–H and O–H groups in total. The van der Waals surface area contributed by atoms with Crippen LogP contribution in [0.5, 0.6) is 0 Å². The molecule has 0 radical (unpaired) electrons. The second-order valence-corrected chi connectivity index (χ2v) is 5.68. The fraction of sp³-hybridized carbons (Fsp3) is 0.364. The van der Waals surface area contributed by atoms with Gasteiger partial charge in [-0.2, -0.15) is 5.26 Å². The average Bonchev–Trinajstić information content (AvgIpc) is 2.17. The van der Waals surface area contributed by atoms with E-state index in [0.29, 0.717) is 22.6 Å². The van der Waals surface area contributed by atoms with E-state index >= 15 is 0 Å². The first-order chi connectivity index (χ1) is 7.47. The second kappa shape index (κ2) is 4.99. The van der Waals surface area contributed by atoms with Gasteiger partial charge in [0, 0.05) is 12.1 Å². The summed E-state index contributed by atoms with van der Waals surface area (Å²) in [6.07, 6.45) is 0.621. The monoisotopic (exact) mass is 238 g/mol. The van der Waals surface area contributed by atoms with Crippen molar-refractivity contribution in [2.75, 3.05) is 11.5 Å². The van der Waals surface area contributed by atoms with Gasteiger partial charge in [0.1, 0.15) is 0 Å². The van der Waals surface area contributed by atoms with Crippen molar-refractivity contribution in [2.24, 2.45) is 0 Å². The largest absolute Gasteiger partial charge is 0.399 e. The topological polar surface area (TPSA) is 84.0 Å². The number of hydrogen-bond acceptors (Lipinski definition) is 4. The van der Waals surface area contributed by atoms with Crippen LogP contribution in [0, 0.1) is 18.3 Å². The van der Waals surface area contributed by atoms with E-state index in [9.17, 15) is 8.42 Å². The number of benzene rings is 1. The van der Waals surface area contributed by atoms with Crippen LogP contribution in [0.25, 0.3) is 0 Å². The van der Waals surface area contributed by atoms with Gasteiger partial charge in [-0.1, -0.05) is 0 Å². The molecule has 0 aliphatic carbocycles. The van der Waals surface area contributed by atoms with Crippen LogP contribution in [-0.2, 0) is 9.84 Å². The number of nitrogens with zero attached hydrogens (tertiary/aromatic N) is 1. The van der Waals surface area contributed by atoms with Gasteiger partial charge in [-0.25, -0.2) is 8.42 Å². The normalized spacial score (nSPS) is 11.0. The highest BCUT2D eigenvalue weighted by Gasteiger charge is 2.16. The first kappa shape index (κ1) is 12.5. The van der Waals surface area contributed by atoms with Crippen LogP contribution in [0.4, 0.5) is 5.69 Å². The molecule has 0 aromatic heterocycles. The minimum absolute atomic E-state index is 0.00528. The number of hydrogen-bond donors (Lipinski definition) is 1. The predicted octanol–water partition coefficient (Wildman–Crippen LogP) is 1.65. The molecule has 0 saturated heterocycles. The summed E-state index contributed by atoms with van der Waals surface area (Å²) in [6.45, 7) is 1.72. The van der Waals surface area contributed by atoms with Crippen molar-refractivity contribution in [1.29, 1.82) is 5.26 Å². The maximum atomic E-state index is 11.9. The minimum atomic E-state index is -3.29. The van der Waals surface area contributed by atoms with Gasteiger partial charge in [-0.15, -0.1) is 0 Å². The number of sulfone groups is 1. The van der Waals surface area contributed by atoms with E-state index in [-0.39, 0.29) is 12.2 Å². The Bertz CT molecular complexity index is 515. The standard InChI is InChI=1S/C11H14N2O2S/c1-9-8-10(13)4-5-11(9)16(14,15)7-3-2-6-12/h4-5,8H,2-3,7,13H2,1H3. The zero-order valence-corrected chi connectivity index (χ0v) is 9.92. The molecule has 0 bridgehead atoms. The maximum absolute atomic E-state index is 11.9. The number of unbranched alkanes of at least 4 members (excludes halogenated alkanes) is 1. The molecule has 1 aromatic carbocycles. The number of nitrogens with two attached hydrogens (primary N) is 1. The molecule has 0 amide bonds. The van der Waals surface area contributed by atoms with E-state index < -0.39 is 9.84 Å². The molecule has 4 nitrogen and oxygen atoms in total.